The van der Waals surface area contributed by atoms with E-state index in [1.54, 1.807) is 11.4 Å². The molecule has 0 bridgehead atoms. The lowest BCUT2D eigenvalue weighted by Gasteiger charge is -2.31. The Labute approximate surface area is 110 Å². The molecule has 0 N–H and O–H groups in total. The molecule has 17 heavy (non-hydrogen) atoms. The summed E-state index contributed by atoms with van der Waals surface area (Å²) in [6.45, 7) is 2.56. The third-order valence-electron chi connectivity index (χ3n) is 3.16. The van der Waals surface area contributed by atoms with Gasteiger partial charge in [-0.2, -0.15) is 9.40 Å². The Morgan fingerprint density at radius 3 is 2.71 bits per heavy atom. The van der Waals surface area contributed by atoms with Crippen LogP contribution in [0.4, 0.5) is 0 Å². The van der Waals surface area contributed by atoms with Crippen LogP contribution in [0.5, 0.6) is 0 Å². The van der Waals surface area contributed by atoms with Gasteiger partial charge in [-0.25, -0.2) is 8.42 Å². The largest absolute Gasteiger partial charge is 0.260 e. The van der Waals surface area contributed by atoms with Gasteiger partial charge >= 0.3 is 0 Å². The van der Waals surface area contributed by atoms with E-state index in [4.69, 9.17) is 0 Å². The van der Waals surface area contributed by atoms with Gasteiger partial charge in [-0.15, -0.1) is 0 Å². The molecule has 1 aliphatic heterocycles. The summed E-state index contributed by atoms with van der Waals surface area (Å²) in [6, 6.07) is 0.0702. The number of hydrogen-bond donors (Lipinski definition) is 0. The lowest BCUT2D eigenvalue weighted by Crippen LogP contribution is -2.41. The van der Waals surface area contributed by atoms with Crippen molar-refractivity contribution in [3.63, 3.8) is 0 Å². The summed E-state index contributed by atoms with van der Waals surface area (Å²) in [5.74, 6) is 0. The Balaban J connectivity index is 2.39. The fourth-order valence-electron chi connectivity index (χ4n) is 2.13. The Morgan fingerprint density at radius 1 is 1.47 bits per heavy atom. The van der Waals surface area contributed by atoms with E-state index < -0.39 is 10.0 Å². The van der Waals surface area contributed by atoms with Crippen LogP contribution in [0.25, 0.3) is 0 Å². The van der Waals surface area contributed by atoms with E-state index in [1.165, 1.54) is 10.9 Å². The van der Waals surface area contributed by atoms with E-state index in [2.05, 4.69) is 21.0 Å². The van der Waals surface area contributed by atoms with E-state index in [1.807, 2.05) is 6.92 Å². The Hall–Kier alpha value is -0.400. The molecule has 0 aliphatic carbocycles. The van der Waals surface area contributed by atoms with E-state index >= 15 is 0 Å². The Morgan fingerprint density at radius 2 is 2.18 bits per heavy atom. The molecular weight excluding hydrogens is 306 g/mol. The number of sulfonamides is 1. The first-order chi connectivity index (χ1) is 7.94. The second-order valence-corrected chi connectivity index (χ2v) is 6.99. The van der Waals surface area contributed by atoms with E-state index in [0.29, 0.717) is 11.1 Å². The molecular formula is C10H16BrN3O2S. The van der Waals surface area contributed by atoms with E-state index in [9.17, 15) is 8.42 Å². The van der Waals surface area contributed by atoms with Crippen LogP contribution in [-0.2, 0) is 17.1 Å². The zero-order chi connectivity index (χ0) is 12.6. The molecule has 1 fully saturated rings. The van der Waals surface area contributed by atoms with Gasteiger partial charge in [0.2, 0.25) is 10.0 Å². The second kappa shape index (κ2) is 4.70. The first-order valence-corrected chi connectivity index (χ1v) is 7.87. The average Bonchev–Trinajstić information content (AvgIpc) is 2.60. The number of nitrogens with zero attached hydrogens (tertiary/aromatic N) is 3. The van der Waals surface area contributed by atoms with Gasteiger partial charge in [0.1, 0.15) is 9.50 Å². The number of aromatic nitrogens is 2. The smallest absolute Gasteiger partial charge is 0.247 e. The number of rotatable bonds is 2. The molecule has 0 saturated carbocycles. The molecule has 1 aromatic rings. The number of halogens is 1. The van der Waals surface area contributed by atoms with Crippen molar-refractivity contribution in [2.75, 3.05) is 6.54 Å². The van der Waals surface area contributed by atoms with E-state index in [0.717, 1.165) is 19.3 Å². The van der Waals surface area contributed by atoms with Crippen LogP contribution in [0, 0.1) is 0 Å². The van der Waals surface area contributed by atoms with Crippen molar-refractivity contribution in [2.45, 2.75) is 37.1 Å². The Bertz CT molecular complexity index is 512. The molecule has 1 unspecified atom stereocenters. The molecule has 0 aromatic carbocycles. The minimum Gasteiger partial charge on any atom is -0.260 e. The number of piperidine rings is 1. The van der Waals surface area contributed by atoms with Gasteiger partial charge in [0.15, 0.2) is 0 Å². The molecule has 1 aliphatic rings. The highest BCUT2D eigenvalue weighted by molar-refractivity contribution is 9.10. The quantitative estimate of drug-likeness (QED) is 0.833. The highest BCUT2D eigenvalue weighted by Crippen LogP contribution is 2.28. The van der Waals surface area contributed by atoms with Gasteiger partial charge in [0.25, 0.3) is 0 Å². The maximum Gasteiger partial charge on any atom is 0.247 e. The summed E-state index contributed by atoms with van der Waals surface area (Å²) in [6.07, 6.45) is 4.36. The maximum absolute atomic E-state index is 12.5. The second-order valence-electron chi connectivity index (χ2n) is 4.38. The highest BCUT2D eigenvalue weighted by Gasteiger charge is 2.33. The number of aryl methyl sites for hydroxylation is 1. The van der Waals surface area contributed by atoms with Gasteiger partial charge in [0.05, 0.1) is 6.20 Å². The van der Waals surface area contributed by atoms with Gasteiger partial charge in [-0.05, 0) is 35.7 Å². The van der Waals surface area contributed by atoms with Crippen LogP contribution >= 0.6 is 15.9 Å². The van der Waals surface area contributed by atoms with Crippen LogP contribution < -0.4 is 0 Å². The monoisotopic (exact) mass is 321 g/mol. The summed E-state index contributed by atoms with van der Waals surface area (Å²) in [7, 11) is -1.71. The fourth-order valence-corrected chi connectivity index (χ4v) is 4.66. The van der Waals surface area contributed by atoms with Crippen molar-refractivity contribution in [1.82, 2.24) is 14.1 Å². The number of hydrogen-bond acceptors (Lipinski definition) is 3. The molecule has 1 saturated heterocycles. The minimum absolute atomic E-state index is 0.0702. The predicted molar refractivity (Wildman–Crippen MR) is 68.1 cm³/mol. The SMILES string of the molecule is CC1CCCCN1S(=O)(=O)c1cnn(C)c1Br. The molecule has 96 valence electrons. The lowest BCUT2D eigenvalue weighted by molar-refractivity contribution is 0.268. The van der Waals surface area contributed by atoms with Crippen molar-refractivity contribution in [1.29, 1.82) is 0 Å². The van der Waals surface area contributed by atoms with Crippen LogP contribution in [-0.4, -0.2) is 35.1 Å². The molecule has 0 amide bonds. The molecule has 2 heterocycles. The summed E-state index contributed by atoms with van der Waals surface area (Å²) in [4.78, 5) is 0.258. The molecule has 1 aromatic heterocycles. The average molecular weight is 322 g/mol. The molecule has 7 heteroatoms. The van der Waals surface area contributed by atoms with Crippen LogP contribution in [0.2, 0.25) is 0 Å². The third kappa shape index (κ3) is 2.28. The first kappa shape index (κ1) is 13.0. The summed E-state index contributed by atoms with van der Waals surface area (Å²) in [5, 5.41) is 3.97. The van der Waals surface area contributed by atoms with Crippen LogP contribution in [0.3, 0.4) is 0 Å². The lowest BCUT2D eigenvalue weighted by atomic mass is 10.1. The molecule has 5 nitrogen and oxygen atoms in total. The van der Waals surface area contributed by atoms with Crippen LogP contribution in [0.15, 0.2) is 15.7 Å². The summed E-state index contributed by atoms with van der Waals surface area (Å²) in [5.41, 5.74) is 0. The highest BCUT2D eigenvalue weighted by atomic mass is 79.9. The van der Waals surface area contributed by atoms with E-state index in [-0.39, 0.29) is 10.9 Å². The zero-order valence-corrected chi connectivity index (χ0v) is 12.3. The van der Waals surface area contributed by atoms with Crippen molar-refractivity contribution < 1.29 is 8.42 Å². The van der Waals surface area contributed by atoms with Gasteiger partial charge in [0, 0.05) is 19.6 Å². The van der Waals surface area contributed by atoms with Crippen LogP contribution in [0.1, 0.15) is 26.2 Å². The normalized spacial score (nSPS) is 22.9. The van der Waals surface area contributed by atoms with Gasteiger partial charge in [-0.3, -0.25) is 4.68 Å². The first-order valence-electron chi connectivity index (χ1n) is 5.64. The van der Waals surface area contributed by atoms with Crippen molar-refractivity contribution in [3.05, 3.63) is 10.8 Å². The predicted octanol–water partition coefficient (Wildman–Crippen LogP) is 1.75. The minimum atomic E-state index is -3.42. The molecule has 1 atom stereocenters. The third-order valence-corrected chi connectivity index (χ3v) is 6.38. The van der Waals surface area contributed by atoms with Crippen molar-refractivity contribution >= 4 is 26.0 Å². The van der Waals surface area contributed by atoms with Gasteiger partial charge < -0.3 is 0 Å². The van der Waals surface area contributed by atoms with Crippen molar-refractivity contribution in [2.24, 2.45) is 7.05 Å². The topological polar surface area (TPSA) is 55.2 Å². The fraction of sp³-hybridized carbons (Fsp3) is 0.700. The van der Waals surface area contributed by atoms with Crippen molar-refractivity contribution in [3.8, 4) is 0 Å². The summed E-state index contributed by atoms with van der Waals surface area (Å²) >= 11 is 3.27. The molecule has 0 spiro atoms. The zero-order valence-electron chi connectivity index (χ0n) is 9.93. The molecule has 2 rings (SSSR count). The van der Waals surface area contributed by atoms with Gasteiger partial charge in [-0.1, -0.05) is 6.42 Å². The summed E-state index contributed by atoms with van der Waals surface area (Å²) < 4.78 is 28.6. The standard InChI is InChI=1S/C10H16BrN3O2S/c1-8-5-3-4-6-14(8)17(15,16)9-7-12-13(2)10(9)11/h7-8H,3-6H2,1-2H3. The maximum atomic E-state index is 12.5. The molecule has 0 radical (unpaired) electrons. The Kier molecular flexibility index (Phi) is 3.61.